The minimum atomic E-state index is -3.70. The molecule has 0 bridgehead atoms. The molecule has 21 heavy (non-hydrogen) atoms. The van der Waals surface area contributed by atoms with Crippen molar-refractivity contribution in [2.75, 3.05) is 13.2 Å². The molecule has 0 aliphatic heterocycles. The van der Waals surface area contributed by atoms with Gasteiger partial charge in [0.2, 0.25) is 10.0 Å². The molecule has 3 N–H and O–H groups in total. The normalized spacial score (nSPS) is 12.0. The predicted octanol–water partition coefficient (Wildman–Crippen LogP) is 0.887. The van der Waals surface area contributed by atoms with Crippen LogP contribution in [0.1, 0.15) is 32.4 Å². The fourth-order valence-electron chi connectivity index (χ4n) is 2.11. The second kappa shape index (κ2) is 7.79. The van der Waals surface area contributed by atoms with Crippen LogP contribution in [-0.2, 0) is 10.0 Å². The number of sulfonamides is 1. The van der Waals surface area contributed by atoms with Crippen molar-refractivity contribution in [3.8, 4) is 0 Å². The summed E-state index contributed by atoms with van der Waals surface area (Å²) in [4.78, 5) is 4.15. The number of aliphatic hydroxyl groups excluding tert-OH is 1. The van der Waals surface area contributed by atoms with Gasteiger partial charge in [0.15, 0.2) is 0 Å². The SMILES string of the molecule is CCC(CC)N(CCO)S(=O)(=O)c1ccc(C(N)=S)nc1. The molecule has 0 amide bonds. The van der Waals surface area contributed by atoms with E-state index in [0.717, 1.165) is 0 Å². The number of hydrogen-bond donors (Lipinski definition) is 2. The summed E-state index contributed by atoms with van der Waals surface area (Å²) in [6.07, 6.45) is 2.60. The maximum absolute atomic E-state index is 12.7. The van der Waals surface area contributed by atoms with Crippen LogP contribution in [-0.4, -0.2) is 47.0 Å². The van der Waals surface area contributed by atoms with Crippen molar-refractivity contribution in [2.45, 2.75) is 37.6 Å². The van der Waals surface area contributed by atoms with Crippen molar-refractivity contribution in [3.05, 3.63) is 24.0 Å². The average molecular weight is 331 g/mol. The summed E-state index contributed by atoms with van der Waals surface area (Å²) in [6, 6.07) is 2.76. The summed E-state index contributed by atoms with van der Waals surface area (Å²) in [6.45, 7) is 3.67. The minimum Gasteiger partial charge on any atom is -0.395 e. The molecule has 1 aromatic rings. The van der Waals surface area contributed by atoms with E-state index in [0.29, 0.717) is 18.5 Å². The molecule has 8 heteroatoms. The number of pyridine rings is 1. The summed E-state index contributed by atoms with van der Waals surface area (Å²) in [7, 11) is -3.70. The Hall–Kier alpha value is -1.09. The van der Waals surface area contributed by atoms with Gasteiger partial charge < -0.3 is 10.8 Å². The monoisotopic (exact) mass is 331 g/mol. The standard InChI is InChI=1S/C13H21N3O3S2/c1-3-10(4-2)16(7-8-17)21(18,19)11-5-6-12(13(14)20)15-9-11/h5-6,9-10,17H,3-4,7-8H2,1-2H3,(H2,14,20). The topological polar surface area (TPSA) is 96.5 Å². The van der Waals surface area contributed by atoms with E-state index in [-0.39, 0.29) is 29.1 Å². The Labute approximate surface area is 131 Å². The highest BCUT2D eigenvalue weighted by Crippen LogP contribution is 2.20. The number of nitrogens with two attached hydrogens (primary N) is 1. The van der Waals surface area contributed by atoms with Crippen molar-refractivity contribution in [2.24, 2.45) is 5.73 Å². The van der Waals surface area contributed by atoms with Crippen LogP contribution in [0.5, 0.6) is 0 Å². The molecule has 0 fully saturated rings. The van der Waals surface area contributed by atoms with Crippen molar-refractivity contribution in [3.63, 3.8) is 0 Å². The lowest BCUT2D eigenvalue weighted by Crippen LogP contribution is -2.41. The largest absolute Gasteiger partial charge is 0.395 e. The fourth-order valence-corrected chi connectivity index (χ4v) is 3.94. The Bertz CT molecular complexity index is 569. The molecule has 0 aliphatic carbocycles. The van der Waals surface area contributed by atoms with Crippen LogP contribution in [0.3, 0.4) is 0 Å². The van der Waals surface area contributed by atoms with Gasteiger partial charge in [0, 0.05) is 18.8 Å². The molecular weight excluding hydrogens is 310 g/mol. The van der Waals surface area contributed by atoms with Gasteiger partial charge in [-0.05, 0) is 25.0 Å². The molecule has 118 valence electrons. The zero-order valence-electron chi connectivity index (χ0n) is 12.2. The molecule has 0 radical (unpaired) electrons. The first-order valence-corrected chi connectivity index (χ1v) is 8.61. The Morgan fingerprint density at radius 2 is 2.05 bits per heavy atom. The Morgan fingerprint density at radius 1 is 1.43 bits per heavy atom. The molecule has 0 spiro atoms. The average Bonchev–Trinajstić information content (AvgIpc) is 2.47. The van der Waals surface area contributed by atoms with Gasteiger partial charge >= 0.3 is 0 Å². The maximum atomic E-state index is 12.7. The quantitative estimate of drug-likeness (QED) is 0.687. The summed E-state index contributed by atoms with van der Waals surface area (Å²) < 4.78 is 26.7. The number of rotatable bonds is 8. The van der Waals surface area contributed by atoms with E-state index in [1.807, 2.05) is 13.8 Å². The summed E-state index contributed by atoms with van der Waals surface area (Å²) in [5.41, 5.74) is 5.82. The first-order valence-electron chi connectivity index (χ1n) is 6.77. The van der Waals surface area contributed by atoms with Crippen molar-refractivity contribution in [1.29, 1.82) is 0 Å². The Morgan fingerprint density at radius 3 is 2.43 bits per heavy atom. The van der Waals surface area contributed by atoms with Crippen molar-refractivity contribution < 1.29 is 13.5 Å². The predicted molar refractivity (Wildman–Crippen MR) is 85.5 cm³/mol. The maximum Gasteiger partial charge on any atom is 0.244 e. The van der Waals surface area contributed by atoms with E-state index in [4.69, 9.17) is 23.1 Å². The molecule has 1 aromatic heterocycles. The van der Waals surface area contributed by atoms with E-state index < -0.39 is 10.0 Å². The van der Waals surface area contributed by atoms with Gasteiger partial charge in [0.1, 0.15) is 9.88 Å². The lowest BCUT2D eigenvalue weighted by atomic mass is 10.2. The lowest BCUT2D eigenvalue weighted by molar-refractivity contribution is 0.219. The van der Waals surface area contributed by atoms with Gasteiger partial charge in [-0.3, -0.25) is 4.98 Å². The molecule has 0 aromatic carbocycles. The van der Waals surface area contributed by atoms with Gasteiger partial charge in [-0.2, -0.15) is 4.31 Å². The molecule has 0 aliphatic rings. The van der Waals surface area contributed by atoms with Crippen LogP contribution in [0.25, 0.3) is 0 Å². The molecular formula is C13H21N3O3S2. The molecule has 0 saturated carbocycles. The highest BCUT2D eigenvalue weighted by Gasteiger charge is 2.29. The van der Waals surface area contributed by atoms with E-state index in [1.165, 1.54) is 22.6 Å². The van der Waals surface area contributed by atoms with Crippen LogP contribution >= 0.6 is 12.2 Å². The van der Waals surface area contributed by atoms with Crippen LogP contribution < -0.4 is 5.73 Å². The first kappa shape index (κ1) is 18.0. The number of thiocarbonyl (C=S) groups is 1. The molecule has 0 unspecified atom stereocenters. The number of hydrogen-bond acceptors (Lipinski definition) is 5. The van der Waals surface area contributed by atoms with Crippen LogP contribution in [0.15, 0.2) is 23.2 Å². The van der Waals surface area contributed by atoms with Gasteiger partial charge in [-0.1, -0.05) is 26.1 Å². The summed E-state index contributed by atoms with van der Waals surface area (Å²) >= 11 is 4.79. The molecule has 6 nitrogen and oxygen atoms in total. The van der Waals surface area contributed by atoms with E-state index >= 15 is 0 Å². The lowest BCUT2D eigenvalue weighted by Gasteiger charge is -2.28. The highest BCUT2D eigenvalue weighted by molar-refractivity contribution is 7.89. The van der Waals surface area contributed by atoms with Gasteiger partial charge in [0.05, 0.1) is 12.3 Å². The van der Waals surface area contributed by atoms with Gasteiger partial charge in [0.25, 0.3) is 0 Å². The van der Waals surface area contributed by atoms with Crippen LogP contribution in [0.2, 0.25) is 0 Å². The number of aliphatic hydroxyl groups is 1. The van der Waals surface area contributed by atoms with E-state index in [2.05, 4.69) is 4.98 Å². The second-order valence-corrected chi connectivity index (χ2v) is 6.88. The smallest absolute Gasteiger partial charge is 0.244 e. The van der Waals surface area contributed by atoms with Crippen LogP contribution in [0.4, 0.5) is 0 Å². The van der Waals surface area contributed by atoms with Gasteiger partial charge in [-0.25, -0.2) is 8.42 Å². The summed E-state index contributed by atoms with van der Waals surface area (Å²) in [5, 5.41) is 9.15. The second-order valence-electron chi connectivity index (χ2n) is 4.55. The third kappa shape index (κ3) is 4.19. The van der Waals surface area contributed by atoms with Crippen LogP contribution in [0, 0.1) is 0 Å². The Balaban J connectivity index is 3.18. The number of aromatic nitrogens is 1. The fraction of sp³-hybridized carbons (Fsp3) is 0.538. The third-order valence-corrected chi connectivity index (χ3v) is 5.41. The van der Waals surface area contributed by atoms with E-state index in [1.54, 1.807) is 0 Å². The zero-order valence-corrected chi connectivity index (χ0v) is 13.8. The Kier molecular flexibility index (Phi) is 6.66. The number of nitrogens with zero attached hydrogens (tertiary/aromatic N) is 2. The van der Waals surface area contributed by atoms with Crippen molar-refractivity contribution >= 4 is 27.2 Å². The molecule has 1 rings (SSSR count). The third-order valence-electron chi connectivity index (χ3n) is 3.27. The minimum absolute atomic E-state index is 0.0612. The zero-order chi connectivity index (χ0) is 16.0. The van der Waals surface area contributed by atoms with Gasteiger partial charge in [-0.15, -0.1) is 0 Å². The molecule has 0 saturated heterocycles. The van der Waals surface area contributed by atoms with Crippen molar-refractivity contribution in [1.82, 2.24) is 9.29 Å². The molecule has 1 heterocycles. The molecule has 0 atom stereocenters. The highest BCUT2D eigenvalue weighted by atomic mass is 32.2. The first-order chi connectivity index (χ1) is 9.88. The summed E-state index contributed by atoms with van der Waals surface area (Å²) in [5.74, 6) is 0. The van der Waals surface area contributed by atoms with E-state index in [9.17, 15) is 8.42 Å².